The first-order valence-corrected chi connectivity index (χ1v) is 10.6. The lowest BCUT2D eigenvalue weighted by molar-refractivity contribution is 0.0881. The second kappa shape index (κ2) is 8.39. The predicted octanol–water partition coefficient (Wildman–Crippen LogP) is 6.10. The molecular formula is C23H23Cl2NO3. The Balaban J connectivity index is 1.68. The van der Waals surface area contributed by atoms with Gasteiger partial charge in [-0.15, -0.1) is 0 Å². The molecule has 2 aromatic carbocycles. The monoisotopic (exact) mass is 431 g/mol. The largest absolute Gasteiger partial charge is 0.477 e. The van der Waals surface area contributed by atoms with Gasteiger partial charge < -0.3 is 9.15 Å². The van der Waals surface area contributed by atoms with Crippen molar-refractivity contribution in [3.63, 3.8) is 0 Å². The number of aryl methyl sites for hydroxylation is 2. The van der Waals surface area contributed by atoms with Crippen molar-refractivity contribution in [3.05, 3.63) is 73.1 Å². The minimum atomic E-state index is -0.302. The normalized spacial score (nSPS) is 14.1. The van der Waals surface area contributed by atoms with Crippen molar-refractivity contribution in [1.29, 1.82) is 0 Å². The Morgan fingerprint density at radius 2 is 1.97 bits per heavy atom. The van der Waals surface area contributed by atoms with E-state index in [9.17, 15) is 4.79 Å². The molecular weight excluding hydrogens is 409 g/mol. The van der Waals surface area contributed by atoms with Crippen LogP contribution in [0.3, 0.4) is 0 Å². The van der Waals surface area contributed by atoms with Crippen molar-refractivity contribution in [1.82, 2.24) is 4.90 Å². The summed E-state index contributed by atoms with van der Waals surface area (Å²) in [5.41, 5.74) is 4.46. The minimum absolute atomic E-state index is 0.302. The number of benzene rings is 2. The van der Waals surface area contributed by atoms with E-state index in [1.54, 1.807) is 6.07 Å². The summed E-state index contributed by atoms with van der Waals surface area (Å²) in [4.78, 5) is 14.3. The van der Waals surface area contributed by atoms with Crippen LogP contribution in [0, 0.1) is 6.92 Å². The molecule has 1 aromatic heterocycles. The van der Waals surface area contributed by atoms with Crippen LogP contribution >= 0.6 is 23.2 Å². The summed E-state index contributed by atoms with van der Waals surface area (Å²) < 4.78 is 11.6. The molecule has 1 aliphatic heterocycles. The Hall–Kier alpha value is -2.01. The summed E-state index contributed by atoms with van der Waals surface area (Å²) in [5.74, 6) is 0.818. The van der Waals surface area contributed by atoms with Gasteiger partial charge in [-0.2, -0.15) is 0 Å². The highest BCUT2D eigenvalue weighted by Crippen LogP contribution is 2.36. The number of ether oxygens (including phenoxy) is 1. The summed E-state index contributed by atoms with van der Waals surface area (Å²) in [6.45, 7) is 6.02. The topological polar surface area (TPSA) is 42.7 Å². The molecule has 0 saturated carbocycles. The van der Waals surface area contributed by atoms with Crippen LogP contribution in [-0.2, 0) is 19.5 Å². The highest BCUT2D eigenvalue weighted by Gasteiger charge is 2.23. The number of nitrogens with zero attached hydrogens (tertiary/aromatic N) is 1. The highest BCUT2D eigenvalue weighted by molar-refractivity contribution is 6.42. The number of halogens is 2. The van der Waals surface area contributed by atoms with E-state index in [2.05, 4.69) is 17.9 Å². The minimum Gasteiger partial charge on any atom is -0.477 e. The third kappa shape index (κ3) is 4.16. The van der Waals surface area contributed by atoms with Crippen LogP contribution in [0.2, 0.25) is 10.0 Å². The van der Waals surface area contributed by atoms with E-state index >= 15 is 0 Å². The molecule has 0 N–H and O–H groups in total. The lowest BCUT2D eigenvalue weighted by Gasteiger charge is -2.30. The van der Waals surface area contributed by atoms with E-state index in [0.717, 1.165) is 59.2 Å². The smallest absolute Gasteiger partial charge is 0.336 e. The molecule has 2 heterocycles. The maximum atomic E-state index is 12.1. The molecule has 0 saturated heterocycles. The SMILES string of the molecule is CCCCc1cc(=O)oc2c(C)c3c(cc12)CN(Cc1ccc(Cl)c(Cl)c1)CO3. The molecule has 152 valence electrons. The fourth-order valence-corrected chi connectivity index (χ4v) is 4.22. The maximum absolute atomic E-state index is 12.1. The van der Waals surface area contributed by atoms with Gasteiger partial charge in [0.2, 0.25) is 0 Å². The summed E-state index contributed by atoms with van der Waals surface area (Å²) in [6, 6.07) is 9.43. The van der Waals surface area contributed by atoms with Crippen LogP contribution in [0.25, 0.3) is 11.0 Å². The molecule has 6 heteroatoms. The predicted molar refractivity (Wildman–Crippen MR) is 117 cm³/mol. The Morgan fingerprint density at radius 1 is 1.14 bits per heavy atom. The molecule has 0 unspecified atom stereocenters. The lowest BCUT2D eigenvalue weighted by Crippen LogP contribution is -2.32. The van der Waals surface area contributed by atoms with Crippen LogP contribution in [0.15, 0.2) is 39.5 Å². The van der Waals surface area contributed by atoms with Gasteiger partial charge in [-0.1, -0.05) is 42.6 Å². The van der Waals surface area contributed by atoms with E-state index < -0.39 is 0 Å². The Labute approximate surface area is 180 Å². The van der Waals surface area contributed by atoms with Crippen molar-refractivity contribution < 1.29 is 9.15 Å². The van der Waals surface area contributed by atoms with Crippen LogP contribution in [0.1, 0.15) is 42.0 Å². The first kappa shape index (κ1) is 20.3. The summed E-state index contributed by atoms with van der Waals surface area (Å²) in [7, 11) is 0. The molecule has 0 amide bonds. The van der Waals surface area contributed by atoms with Crippen LogP contribution in [0.5, 0.6) is 5.75 Å². The molecule has 0 atom stereocenters. The fourth-order valence-electron chi connectivity index (χ4n) is 3.90. The zero-order valence-corrected chi connectivity index (χ0v) is 18.1. The van der Waals surface area contributed by atoms with Crippen molar-refractivity contribution in [2.24, 2.45) is 0 Å². The molecule has 0 spiro atoms. The van der Waals surface area contributed by atoms with E-state index in [1.807, 2.05) is 25.1 Å². The van der Waals surface area contributed by atoms with E-state index in [0.29, 0.717) is 28.9 Å². The number of fused-ring (bicyclic) bond motifs is 2. The number of rotatable bonds is 5. The average molecular weight is 432 g/mol. The second-order valence-electron chi connectivity index (χ2n) is 7.57. The van der Waals surface area contributed by atoms with Gasteiger partial charge in [0, 0.05) is 35.7 Å². The second-order valence-corrected chi connectivity index (χ2v) is 8.38. The lowest BCUT2D eigenvalue weighted by atomic mass is 9.98. The van der Waals surface area contributed by atoms with Crippen LogP contribution < -0.4 is 10.4 Å². The molecule has 4 rings (SSSR count). The average Bonchev–Trinajstić information content (AvgIpc) is 2.70. The standard InChI is InChI=1S/C23H23Cl2NO3/c1-3-4-5-16-10-21(27)29-23-14(2)22-17(9-18(16)23)12-26(13-28-22)11-15-6-7-19(24)20(25)8-15/h6-10H,3-5,11-13H2,1-2H3. The zero-order valence-electron chi connectivity index (χ0n) is 16.6. The molecule has 1 aliphatic rings. The fraction of sp³-hybridized carbons (Fsp3) is 0.348. The van der Waals surface area contributed by atoms with Gasteiger partial charge in [0.05, 0.1) is 10.0 Å². The Bertz CT molecular complexity index is 1120. The zero-order chi connectivity index (χ0) is 20.5. The van der Waals surface area contributed by atoms with E-state index in [-0.39, 0.29) is 5.63 Å². The Kier molecular flexibility index (Phi) is 5.86. The molecule has 0 aliphatic carbocycles. The van der Waals surface area contributed by atoms with E-state index in [1.165, 1.54) is 0 Å². The maximum Gasteiger partial charge on any atom is 0.336 e. The number of hydrogen-bond acceptors (Lipinski definition) is 4. The first-order chi connectivity index (χ1) is 14.0. The third-order valence-corrected chi connectivity index (χ3v) is 6.09. The number of unbranched alkanes of at least 4 members (excludes halogenated alkanes) is 1. The van der Waals surface area contributed by atoms with Crippen molar-refractivity contribution in [2.45, 2.75) is 46.2 Å². The van der Waals surface area contributed by atoms with Gasteiger partial charge in [0.15, 0.2) is 0 Å². The molecule has 0 bridgehead atoms. The van der Waals surface area contributed by atoms with Gasteiger partial charge >= 0.3 is 5.63 Å². The number of hydrogen-bond donors (Lipinski definition) is 0. The summed E-state index contributed by atoms with van der Waals surface area (Å²) in [6.07, 6.45) is 2.98. The molecule has 0 fully saturated rings. The summed E-state index contributed by atoms with van der Waals surface area (Å²) >= 11 is 12.2. The van der Waals surface area contributed by atoms with Crippen molar-refractivity contribution in [2.75, 3.05) is 6.73 Å². The first-order valence-electron chi connectivity index (χ1n) is 9.84. The third-order valence-electron chi connectivity index (χ3n) is 5.35. The Morgan fingerprint density at radius 3 is 2.72 bits per heavy atom. The van der Waals surface area contributed by atoms with Gasteiger partial charge in [-0.3, -0.25) is 4.90 Å². The highest BCUT2D eigenvalue weighted by atomic mass is 35.5. The van der Waals surface area contributed by atoms with Crippen molar-refractivity contribution >= 4 is 34.2 Å². The van der Waals surface area contributed by atoms with Gasteiger partial charge in [-0.05, 0) is 49.1 Å². The molecule has 0 radical (unpaired) electrons. The molecule has 4 nitrogen and oxygen atoms in total. The summed E-state index contributed by atoms with van der Waals surface area (Å²) in [5, 5.41) is 2.12. The van der Waals surface area contributed by atoms with Gasteiger partial charge in [0.25, 0.3) is 0 Å². The molecule has 3 aromatic rings. The van der Waals surface area contributed by atoms with Crippen LogP contribution in [-0.4, -0.2) is 11.6 Å². The molecule has 29 heavy (non-hydrogen) atoms. The van der Waals surface area contributed by atoms with Gasteiger partial charge in [-0.25, -0.2) is 4.79 Å². The van der Waals surface area contributed by atoms with Crippen molar-refractivity contribution in [3.8, 4) is 5.75 Å². The van der Waals surface area contributed by atoms with Gasteiger partial charge in [0.1, 0.15) is 18.1 Å². The quantitative estimate of drug-likeness (QED) is 0.457. The van der Waals surface area contributed by atoms with E-state index in [4.69, 9.17) is 32.4 Å². The van der Waals surface area contributed by atoms with Crippen LogP contribution in [0.4, 0.5) is 0 Å².